The number of rotatable bonds is 4. The summed E-state index contributed by atoms with van der Waals surface area (Å²) in [4.78, 5) is 31.2. The third kappa shape index (κ3) is 3.15. The largest absolute Gasteiger partial charge is 0.310 e. The fraction of sp³-hybridized carbons (Fsp3) is 0.375. The number of fused-ring (bicyclic) bond motifs is 2. The van der Waals surface area contributed by atoms with Crippen molar-refractivity contribution in [2.75, 3.05) is 13.1 Å². The minimum Gasteiger partial charge on any atom is -0.310 e. The van der Waals surface area contributed by atoms with Crippen LogP contribution in [0.4, 0.5) is 4.39 Å². The molecule has 1 aromatic carbocycles. The fourth-order valence-electron chi connectivity index (χ4n) is 4.30. The highest BCUT2D eigenvalue weighted by atomic mass is 19.1. The molecule has 0 radical (unpaired) electrons. The van der Waals surface area contributed by atoms with Crippen molar-refractivity contribution >= 4 is 17.5 Å². The Balaban J connectivity index is 0.000000994. The van der Waals surface area contributed by atoms with Gasteiger partial charge < -0.3 is 9.72 Å². The lowest BCUT2D eigenvalue weighted by Gasteiger charge is -2.35. The third-order valence-corrected chi connectivity index (χ3v) is 6.16. The van der Waals surface area contributed by atoms with E-state index in [0.717, 1.165) is 18.4 Å². The van der Waals surface area contributed by atoms with Gasteiger partial charge in [0.1, 0.15) is 5.65 Å². The SMILES string of the molecule is CC.O=C1c2ccccc2C(=O)N1Cc1cn2cc(C3CC3)cc(C3(F)CNC3)c2n1. The van der Waals surface area contributed by atoms with Crippen LogP contribution in [0, 0.1) is 0 Å². The standard InChI is InChI=1S/C22H19FN4O2.C2H6/c23-22(11-24-12-22)18-7-14(13-5-6-13)8-26-9-15(25-19(18)26)10-27-20(28)16-3-1-2-4-17(16)21(27)29;1-2/h1-4,7-9,13,24H,5-6,10-12H2;1-2H3. The van der Waals surface area contributed by atoms with Crippen molar-refractivity contribution < 1.29 is 14.0 Å². The summed E-state index contributed by atoms with van der Waals surface area (Å²) >= 11 is 0. The number of aromatic nitrogens is 2. The van der Waals surface area contributed by atoms with Gasteiger partial charge in [0.15, 0.2) is 5.67 Å². The van der Waals surface area contributed by atoms with Crippen molar-refractivity contribution in [1.29, 1.82) is 0 Å². The van der Waals surface area contributed by atoms with E-state index < -0.39 is 5.67 Å². The van der Waals surface area contributed by atoms with E-state index in [9.17, 15) is 9.59 Å². The number of amides is 2. The normalized spacial score (nSPS) is 19.1. The first-order valence-electron chi connectivity index (χ1n) is 10.9. The average molecular weight is 420 g/mol. The van der Waals surface area contributed by atoms with E-state index in [4.69, 9.17) is 0 Å². The quantitative estimate of drug-likeness (QED) is 0.652. The van der Waals surface area contributed by atoms with Gasteiger partial charge in [0.2, 0.25) is 0 Å². The maximum absolute atomic E-state index is 15.3. The first-order chi connectivity index (χ1) is 15.0. The number of nitrogens with one attached hydrogen (secondary N) is 1. The predicted octanol–water partition coefficient (Wildman–Crippen LogP) is 3.80. The molecule has 0 bridgehead atoms. The average Bonchev–Trinajstić information content (AvgIpc) is 3.50. The summed E-state index contributed by atoms with van der Waals surface area (Å²) in [6.45, 7) is 4.62. The van der Waals surface area contributed by atoms with Crippen molar-refractivity contribution in [2.45, 2.75) is 44.8 Å². The molecule has 31 heavy (non-hydrogen) atoms. The lowest BCUT2D eigenvalue weighted by molar-refractivity contribution is 0.0640. The Kier molecular flexibility index (Phi) is 4.66. The van der Waals surface area contributed by atoms with Gasteiger partial charge in [-0.1, -0.05) is 26.0 Å². The zero-order valence-electron chi connectivity index (χ0n) is 17.7. The Labute approximate surface area is 180 Å². The lowest BCUT2D eigenvalue weighted by Crippen LogP contribution is -2.53. The van der Waals surface area contributed by atoms with E-state index in [1.165, 1.54) is 4.90 Å². The van der Waals surface area contributed by atoms with Crippen molar-refractivity contribution in [2.24, 2.45) is 0 Å². The van der Waals surface area contributed by atoms with Crippen LogP contribution < -0.4 is 5.32 Å². The van der Waals surface area contributed by atoms with Crippen molar-refractivity contribution in [3.05, 3.63) is 70.7 Å². The molecule has 3 aliphatic rings. The van der Waals surface area contributed by atoms with E-state index in [2.05, 4.69) is 10.3 Å². The molecule has 2 amide bonds. The Morgan fingerprint density at radius 1 is 1.10 bits per heavy atom. The predicted molar refractivity (Wildman–Crippen MR) is 115 cm³/mol. The number of halogens is 1. The van der Waals surface area contributed by atoms with Crippen LogP contribution >= 0.6 is 0 Å². The highest BCUT2D eigenvalue weighted by Gasteiger charge is 2.42. The summed E-state index contributed by atoms with van der Waals surface area (Å²) in [6, 6.07) is 8.77. The zero-order valence-corrected chi connectivity index (χ0v) is 17.7. The Morgan fingerprint density at radius 2 is 1.74 bits per heavy atom. The van der Waals surface area contributed by atoms with Gasteiger partial charge in [-0.05, 0) is 42.5 Å². The van der Waals surface area contributed by atoms with Crippen LogP contribution in [0.2, 0.25) is 0 Å². The molecule has 2 aromatic heterocycles. The van der Waals surface area contributed by atoms with Gasteiger partial charge in [0.05, 0.1) is 23.4 Å². The molecule has 4 heterocycles. The van der Waals surface area contributed by atoms with Gasteiger partial charge in [-0.3, -0.25) is 14.5 Å². The van der Waals surface area contributed by atoms with E-state index in [1.54, 1.807) is 24.3 Å². The molecule has 6 nitrogen and oxygen atoms in total. The van der Waals surface area contributed by atoms with Crippen LogP contribution in [-0.2, 0) is 12.2 Å². The molecule has 1 saturated heterocycles. The number of carbonyl (C=O) groups is 2. The number of nitrogens with zero attached hydrogens (tertiary/aromatic N) is 3. The molecule has 2 aliphatic heterocycles. The van der Waals surface area contributed by atoms with E-state index in [0.29, 0.717) is 33.9 Å². The Bertz CT molecular complexity index is 1160. The number of hydrogen-bond acceptors (Lipinski definition) is 4. The maximum Gasteiger partial charge on any atom is 0.261 e. The molecule has 0 unspecified atom stereocenters. The Hall–Kier alpha value is -3.06. The minimum absolute atomic E-state index is 0.0732. The zero-order chi connectivity index (χ0) is 21.8. The van der Waals surface area contributed by atoms with Crippen molar-refractivity contribution in [3.63, 3.8) is 0 Å². The second-order valence-corrected chi connectivity index (χ2v) is 8.24. The van der Waals surface area contributed by atoms with E-state index >= 15 is 4.39 Å². The third-order valence-electron chi connectivity index (χ3n) is 6.16. The summed E-state index contributed by atoms with van der Waals surface area (Å²) in [6.07, 6.45) is 6.06. The molecular weight excluding hydrogens is 395 g/mol. The highest BCUT2D eigenvalue weighted by Crippen LogP contribution is 2.43. The maximum atomic E-state index is 15.3. The van der Waals surface area contributed by atoms with Crippen LogP contribution in [0.15, 0.2) is 42.7 Å². The molecule has 1 N–H and O–H groups in total. The van der Waals surface area contributed by atoms with E-state index in [-0.39, 0.29) is 31.4 Å². The molecule has 3 aromatic rings. The van der Waals surface area contributed by atoms with Crippen LogP contribution in [0.5, 0.6) is 0 Å². The molecule has 2 fully saturated rings. The van der Waals surface area contributed by atoms with Crippen molar-refractivity contribution in [3.8, 4) is 0 Å². The van der Waals surface area contributed by atoms with Crippen molar-refractivity contribution in [1.82, 2.24) is 19.6 Å². The second-order valence-electron chi connectivity index (χ2n) is 8.24. The fourth-order valence-corrected chi connectivity index (χ4v) is 4.30. The monoisotopic (exact) mass is 420 g/mol. The van der Waals surface area contributed by atoms with Crippen LogP contribution in [0.25, 0.3) is 5.65 Å². The van der Waals surface area contributed by atoms with Gasteiger partial charge in [0.25, 0.3) is 11.8 Å². The number of carbonyl (C=O) groups excluding carboxylic acids is 2. The molecule has 160 valence electrons. The molecule has 1 saturated carbocycles. The van der Waals surface area contributed by atoms with Crippen LogP contribution in [0.3, 0.4) is 0 Å². The van der Waals surface area contributed by atoms with Crippen LogP contribution in [-0.4, -0.2) is 39.2 Å². The number of hydrogen-bond donors (Lipinski definition) is 1. The smallest absolute Gasteiger partial charge is 0.261 e. The number of pyridine rings is 1. The first kappa shape index (κ1) is 19.9. The Morgan fingerprint density at radius 3 is 2.29 bits per heavy atom. The summed E-state index contributed by atoms with van der Waals surface area (Å²) in [5.74, 6) is -0.143. The number of imide groups is 1. The minimum atomic E-state index is -1.43. The summed E-state index contributed by atoms with van der Waals surface area (Å²) in [5, 5.41) is 3.01. The van der Waals surface area contributed by atoms with Gasteiger partial charge in [-0.15, -0.1) is 0 Å². The molecule has 7 heteroatoms. The number of imidazole rings is 1. The van der Waals surface area contributed by atoms with Crippen LogP contribution in [0.1, 0.15) is 70.1 Å². The van der Waals surface area contributed by atoms with Gasteiger partial charge in [0, 0.05) is 31.0 Å². The van der Waals surface area contributed by atoms with E-state index in [1.807, 2.05) is 36.7 Å². The molecule has 0 atom stereocenters. The molecule has 0 spiro atoms. The number of alkyl halides is 1. The van der Waals surface area contributed by atoms with Gasteiger partial charge in [-0.2, -0.15) is 0 Å². The second kappa shape index (κ2) is 7.27. The summed E-state index contributed by atoms with van der Waals surface area (Å²) in [7, 11) is 0. The lowest BCUT2D eigenvalue weighted by atomic mass is 9.89. The van der Waals surface area contributed by atoms with Gasteiger partial charge in [-0.25, -0.2) is 9.37 Å². The molecule has 6 rings (SSSR count). The number of benzene rings is 1. The first-order valence-corrected chi connectivity index (χ1v) is 10.9. The van der Waals surface area contributed by atoms with Gasteiger partial charge >= 0.3 is 0 Å². The summed E-state index contributed by atoms with van der Waals surface area (Å²) in [5.41, 5.74) is 2.26. The molecular formula is C24H25FN4O2. The molecule has 1 aliphatic carbocycles. The highest BCUT2D eigenvalue weighted by molar-refractivity contribution is 6.21. The topological polar surface area (TPSA) is 66.7 Å². The summed E-state index contributed by atoms with van der Waals surface area (Å²) < 4.78 is 17.2.